The Hall–Kier alpha value is -2.66. The van der Waals surface area contributed by atoms with Gasteiger partial charge in [-0.2, -0.15) is 0 Å². The number of hydrogen-bond acceptors (Lipinski definition) is 3. The lowest BCUT2D eigenvalue weighted by Gasteiger charge is -2.25. The van der Waals surface area contributed by atoms with E-state index in [-0.39, 0.29) is 11.8 Å². The van der Waals surface area contributed by atoms with Crippen LogP contribution in [0.2, 0.25) is 0 Å². The van der Waals surface area contributed by atoms with Gasteiger partial charge in [0.1, 0.15) is 6.04 Å². The molecule has 1 atom stereocenters. The molecular weight excluding hydrogens is 362 g/mol. The molecule has 2 aromatic rings. The monoisotopic (exact) mass is 393 g/mol. The van der Waals surface area contributed by atoms with E-state index in [1.165, 1.54) is 11.1 Å². The number of aryl methyl sites for hydroxylation is 2. The van der Waals surface area contributed by atoms with E-state index >= 15 is 0 Å². The standard InChI is InChI=1S/C24H31N3O2/c1-18-8-6-11-21(16-18)23(28)25-20(3)24(29)27-13-7-12-26(14-15-27)17-22-10-5-4-9-19(22)2/h4-6,8-11,16,20H,7,12-15,17H2,1-3H3,(H,25,28). The van der Waals surface area contributed by atoms with Crippen LogP contribution in [0.5, 0.6) is 0 Å². The highest BCUT2D eigenvalue weighted by molar-refractivity contribution is 5.97. The third kappa shape index (κ3) is 5.67. The average Bonchev–Trinajstić information content (AvgIpc) is 2.94. The Labute approximate surface area is 173 Å². The van der Waals surface area contributed by atoms with Crippen LogP contribution >= 0.6 is 0 Å². The second-order valence-corrected chi connectivity index (χ2v) is 7.95. The molecule has 1 aliphatic rings. The number of amides is 2. The Morgan fingerprint density at radius 2 is 1.79 bits per heavy atom. The first kappa shape index (κ1) is 21.1. The number of nitrogens with zero attached hydrogens (tertiary/aromatic N) is 2. The first-order chi connectivity index (χ1) is 13.9. The van der Waals surface area contributed by atoms with Gasteiger partial charge < -0.3 is 10.2 Å². The zero-order chi connectivity index (χ0) is 20.8. The molecule has 1 unspecified atom stereocenters. The molecule has 0 bridgehead atoms. The fourth-order valence-electron chi connectivity index (χ4n) is 3.78. The van der Waals surface area contributed by atoms with Gasteiger partial charge in [0.05, 0.1) is 0 Å². The lowest BCUT2D eigenvalue weighted by molar-refractivity contribution is -0.132. The number of carbonyl (C=O) groups is 2. The minimum atomic E-state index is -0.536. The Kier molecular flexibility index (Phi) is 7.04. The predicted molar refractivity (Wildman–Crippen MR) is 116 cm³/mol. The maximum atomic E-state index is 12.9. The third-order valence-corrected chi connectivity index (χ3v) is 5.55. The Bertz CT molecular complexity index is 865. The topological polar surface area (TPSA) is 52.7 Å². The molecule has 0 aromatic heterocycles. The molecule has 3 rings (SSSR count). The summed E-state index contributed by atoms with van der Waals surface area (Å²) in [5.74, 6) is -0.214. The van der Waals surface area contributed by atoms with Crippen molar-refractivity contribution in [3.8, 4) is 0 Å². The van der Waals surface area contributed by atoms with Crippen molar-refractivity contribution in [2.24, 2.45) is 0 Å². The molecule has 0 aliphatic carbocycles. The summed E-state index contributed by atoms with van der Waals surface area (Å²) in [6.07, 6.45) is 0.941. The van der Waals surface area contributed by atoms with Gasteiger partial charge in [0.25, 0.3) is 5.91 Å². The summed E-state index contributed by atoms with van der Waals surface area (Å²) in [5, 5.41) is 2.86. The van der Waals surface area contributed by atoms with Gasteiger partial charge in [0, 0.05) is 38.3 Å². The molecule has 5 nitrogen and oxygen atoms in total. The van der Waals surface area contributed by atoms with E-state index < -0.39 is 6.04 Å². The maximum absolute atomic E-state index is 12.9. The molecule has 5 heteroatoms. The summed E-state index contributed by atoms with van der Waals surface area (Å²) >= 11 is 0. The minimum absolute atomic E-state index is 0.0104. The number of rotatable bonds is 5. The van der Waals surface area contributed by atoms with Gasteiger partial charge in [-0.15, -0.1) is 0 Å². The fraction of sp³-hybridized carbons (Fsp3) is 0.417. The zero-order valence-electron chi connectivity index (χ0n) is 17.6. The van der Waals surface area contributed by atoms with Gasteiger partial charge in [-0.25, -0.2) is 0 Å². The molecule has 29 heavy (non-hydrogen) atoms. The van der Waals surface area contributed by atoms with E-state index in [0.717, 1.165) is 38.2 Å². The third-order valence-electron chi connectivity index (χ3n) is 5.55. The van der Waals surface area contributed by atoms with E-state index in [4.69, 9.17) is 0 Å². The van der Waals surface area contributed by atoms with Crippen LogP contribution in [0.1, 0.15) is 40.4 Å². The maximum Gasteiger partial charge on any atom is 0.251 e. The van der Waals surface area contributed by atoms with Crippen molar-refractivity contribution in [3.05, 3.63) is 70.8 Å². The molecule has 0 radical (unpaired) electrons. The number of nitrogens with one attached hydrogen (secondary N) is 1. The van der Waals surface area contributed by atoms with Crippen LogP contribution in [0, 0.1) is 13.8 Å². The van der Waals surface area contributed by atoms with Crippen molar-refractivity contribution < 1.29 is 9.59 Å². The number of benzene rings is 2. The first-order valence-corrected chi connectivity index (χ1v) is 10.4. The highest BCUT2D eigenvalue weighted by Gasteiger charge is 2.25. The van der Waals surface area contributed by atoms with Crippen molar-refractivity contribution in [1.29, 1.82) is 0 Å². The van der Waals surface area contributed by atoms with Crippen molar-refractivity contribution in [1.82, 2.24) is 15.1 Å². The molecule has 0 spiro atoms. The van der Waals surface area contributed by atoms with Crippen molar-refractivity contribution >= 4 is 11.8 Å². The quantitative estimate of drug-likeness (QED) is 0.849. The van der Waals surface area contributed by atoms with Crippen molar-refractivity contribution in [2.45, 2.75) is 39.8 Å². The molecule has 0 saturated carbocycles. The van der Waals surface area contributed by atoms with E-state index in [0.29, 0.717) is 12.1 Å². The molecule has 1 N–H and O–H groups in total. The Morgan fingerprint density at radius 3 is 2.55 bits per heavy atom. The van der Waals surface area contributed by atoms with Crippen LogP contribution in [0.3, 0.4) is 0 Å². The summed E-state index contributed by atoms with van der Waals surface area (Å²) in [4.78, 5) is 29.7. The summed E-state index contributed by atoms with van der Waals surface area (Å²) in [5.41, 5.74) is 4.26. The van der Waals surface area contributed by atoms with Gasteiger partial charge in [-0.3, -0.25) is 14.5 Å². The summed E-state index contributed by atoms with van der Waals surface area (Å²) in [6, 6.07) is 15.3. The lowest BCUT2D eigenvalue weighted by atomic mass is 10.1. The van der Waals surface area contributed by atoms with Crippen LogP contribution < -0.4 is 5.32 Å². The molecule has 2 amide bonds. The van der Waals surface area contributed by atoms with Gasteiger partial charge in [0.15, 0.2) is 0 Å². The van der Waals surface area contributed by atoms with E-state index in [1.54, 1.807) is 13.0 Å². The van der Waals surface area contributed by atoms with Gasteiger partial charge in [-0.1, -0.05) is 42.0 Å². The van der Waals surface area contributed by atoms with Crippen LogP contribution in [0.25, 0.3) is 0 Å². The largest absolute Gasteiger partial charge is 0.341 e. The first-order valence-electron chi connectivity index (χ1n) is 10.4. The number of hydrogen-bond donors (Lipinski definition) is 1. The van der Waals surface area contributed by atoms with E-state index in [1.807, 2.05) is 30.0 Å². The second-order valence-electron chi connectivity index (χ2n) is 7.95. The Morgan fingerprint density at radius 1 is 1.00 bits per heavy atom. The van der Waals surface area contributed by atoms with E-state index in [9.17, 15) is 9.59 Å². The predicted octanol–water partition coefficient (Wildman–Crippen LogP) is 3.16. The van der Waals surface area contributed by atoms with Crippen molar-refractivity contribution in [2.75, 3.05) is 26.2 Å². The van der Waals surface area contributed by atoms with Gasteiger partial charge in [-0.05, 0) is 50.5 Å². The number of carbonyl (C=O) groups excluding carboxylic acids is 2. The molecule has 1 heterocycles. The molecule has 1 saturated heterocycles. The lowest BCUT2D eigenvalue weighted by Crippen LogP contribution is -2.48. The summed E-state index contributed by atoms with van der Waals surface area (Å²) in [6.45, 7) is 10.0. The fourth-order valence-corrected chi connectivity index (χ4v) is 3.78. The molecule has 1 fully saturated rings. The molecule has 2 aromatic carbocycles. The molecule has 154 valence electrons. The van der Waals surface area contributed by atoms with Crippen LogP contribution in [-0.4, -0.2) is 53.8 Å². The normalized spacial score (nSPS) is 16.2. The Balaban J connectivity index is 1.54. The zero-order valence-corrected chi connectivity index (χ0v) is 17.6. The molecular formula is C24H31N3O2. The molecule has 1 aliphatic heterocycles. The SMILES string of the molecule is Cc1cccc(C(=O)NC(C)C(=O)N2CCCN(Cc3ccccc3C)CC2)c1. The summed E-state index contributed by atoms with van der Waals surface area (Å²) < 4.78 is 0. The minimum Gasteiger partial charge on any atom is -0.341 e. The van der Waals surface area contributed by atoms with Gasteiger partial charge in [0.2, 0.25) is 5.91 Å². The highest BCUT2D eigenvalue weighted by Crippen LogP contribution is 2.13. The van der Waals surface area contributed by atoms with Crippen molar-refractivity contribution in [3.63, 3.8) is 0 Å². The van der Waals surface area contributed by atoms with Crippen LogP contribution in [0.4, 0.5) is 0 Å². The van der Waals surface area contributed by atoms with Crippen LogP contribution in [-0.2, 0) is 11.3 Å². The average molecular weight is 394 g/mol. The van der Waals surface area contributed by atoms with E-state index in [2.05, 4.69) is 41.4 Å². The van der Waals surface area contributed by atoms with Crippen LogP contribution in [0.15, 0.2) is 48.5 Å². The highest BCUT2D eigenvalue weighted by atomic mass is 16.2. The smallest absolute Gasteiger partial charge is 0.251 e. The van der Waals surface area contributed by atoms with Gasteiger partial charge >= 0.3 is 0 Å². The summed E-state index contributed by atoms with van der Waals surface area (Å²) in [7, 11) is 0. The second kappa shape index (κ2) is 9.70.